The van der Waals surface area contributed by atoms with Crippen molar-refractivity contribution in [3.63, 3.8) is 0 Å². The van der Waals surface area contributed by atoms with Gasteiger partial charge in [0.15, 0.2) is 5.82 Å². The summed E-state index contributed by atoms with van der Waals surface area (Å²) in [6.07, 6.45) is 0. The lowest BCUT2D eigenvalue weighted by Gasteiger charge is -2.11. The minimum Gasteiger partial charge on any atom is -0.480 e. The molecule has 2 heterocycles. The number of amides is 2. The van der Waals surface area contributed by atoms with Crippen molar-refractivity contribution in [3.8, 4) is 0 Å². The molecule has 23 heavy (non-hydrogen) atoms. The Balaban J connectivity index is 2.13. The number of nitrogens with two attached hydrogens (primary N) is 1. The first-order chi connectivity index (χ1) is 10.8. The highest BCUT2D eigenvalue weighted by Crippen LogP contribution is 2.25. The van der Waals surface area contributed by atoms with Gasteiger partial charge in [-0.3, -0.25) is 4.79 Å². The van der Waals surface area contributed by atoms with Crippen LogP contribution in [0.4, 0.5) is 10.6 Å². The van der Waals surface area contributed by atoms with Crippen LogP contribution in [0.1, 0.15) is 17.1 Å². The number of nitrogens with zero attached hydrogens (tertiary/aromatic N) is 3. The van der Waals surface area contributed by atoms with Gasteiger partial charge in [-0.05, 0) is 26.3 Å². The van der Waals surface area contributed by atoms with E-state index in [-0.39, 0.29) is 0 Å². The number of hydrogen-bond donors (Lipinski definition) is 4. The molecule has 2 rings (SSSR count). The van der Waals surface area contributed by atoms with Gasteiger partial charge < -0.3 is 26.0 Å². The van der Waals surface area contributed by atoms with Crippen LogP contribution in [0.3, 0.4) is 0 Å². The molecule has 2 aromatic rings. The third kappa shape index (κ3) is 3.50. The molecule has 0 bridgehead atoms. The predicted molar refractivity (Wildman–Crippen MR) is 85.2 cm³/mol. The van der Waals surface area contributed by atoms with E-state index in [1.54, 1.807) is 0 Å². The van der Waals surface area contributed by atoms with E-state index in [0.717, 1.165) is 22.6 Å². The molecule has 9 nitrogen and oxygen atoms in total. The van der Waals surface area contributed by atoms with Crippen LogP contribution in [0.25, 0.3) is 11.0 Å². The molecule has 0 saturated carbocycles. The number of aryl methyl sites for hydroxylation is 3. The Labute approximate surface area is 132 Å². The SMILES string of the molecule is Cc1nc(N)c2nc(C)n(CCNC(=O)NCC(=O)O)c2c1C. The molecule has 0 aliphatic heterocycles. The lowest BCUT2D eigenvalue weighted by molar-refractivity contribution is -0.135. The van der Waals surface area contributed by atoms with E-state index in [2.05, 4.69) is 20.6 Å². The van der Waals surface area contributed by atoms with Gasteiger partial charge in [0.1, 0.15) is 17.9 Å². The smallest absolute Gasteiger partial charge is 0.323 e. The number of carbonyl (C=O) groups is 2. The number of imidazole rings is 1. The number of nitrogens with one attached hydrogen (secondary N) is 2. The summed E-state index contributed by atoms with van der Waals surface area (Å²) in [5.74, 6) is 0.0673. The second kappa shape index (κ2) is 6.51. The van der Waals surface area contributed by atoms with Gasteiger partial charge in [0.2, 0.25) is 0 Å². The second-order valence-electron chi connectivity index (χ2n) is 5.22. The van der Waals surface area contributed by atoms with Gasteiger partial charge in [0.25, 0.3) is 0 Å². The first kappa shape index (κ1) is 16.5. The molecule has 2 amide bonds. The van der Waals surface area contributed by atoms with Gasteiger partial charge >= 0.3 is 12.0 Å². The molecule has 9 heteroatoms. The molecular weight excluding hydrogens is 300 g/mol. The lowest BCUT2D eigenvalue weighted by atomic mass is 10.2. The minimum atomic E-state index is -1.09. The fourth-order valence-corrected chi connectivity index (χ4v) is 2.39. The van der Waals surface area contributed by atoms with E-state index in [4.69, 9.17) is 10.8 Å². The zero-order chi connectivity index (χ0) is 17.1. The van der Waals surface area contributed by atoms with Crippen molar-refractivity contribution in [3.05, 3.63) is 17.1 Å². The Hall–Kier alpha value is -2.84. The molecule has 0 aromatic carbocycles. The molecule has 2 aromatic heterocycles. The fraction of sp³-hybridized carbons (Fsp3) is 0.429. The average molecular weight is 320 g/mol. The van der Waals surface area contributed by atoms with Crippen LogP contribution in [-0.4, -0.2) is 44.7 Å². The number of carboxylic acid groups (broad SMARTS) is 1. The van der Waals surface area contributed by atoms with Crippen molar-refractivity contribution < 1.29 is 14.7 Å². The van der Waals surface area contributed by atoms with Crippen molar-refractivity contribution >= 4 is 28.9 Å². The molecule has 0 aliphatic rings. The summed E-state index contributed by atoms with van der Waals surface area (Å²) >= 11 is 0. The lowest BCUT2D eigenvalue weighted by Crippen LogP contribution is -2.39. The third-order valence-corrected chi connectivity index (χ3v) is 3.61. The van der Waals surface area contributed by atoms with Crippen LogP contribution in [0.2, 0.25) is 0 Å². The van der Waals surface area contributed by atoms with Crippen LogP contribution in [0.5, 0.6) is 0 Å². The van der Waals surface area contributed by atoms with E-state index >= 15 is 0 Å². The topological polar surface area (TPSA) is 135 Å². The number of hydrogen-bond acceptors (Lipinski definition) is 5. The summed E-state index contributed by atoms with van der Waals surface area (Å²) in [5, 5.41) is 13.3. The maximum Gasteiger partial charge on any atom is 0.323 e. The van der Waals surface area contributed by atoms with Crippen molar-refractivity contribution in [2.24, 2.45) is 0 Å². The molecule has 0 radical (unpaired) electrons. The van der Waals surface area contributed by atoms with Gasteiger partial charge in [-0.1, -0.05) is 0 Å². The molecule has 0 fully saturated rings. The van der Waals surface area contributed by atoms with E-state index in [1.165, 1.54) is 0 Å². The van der Waals surface area contributed by atoms with Crippen molar-refractivity contribution in [1.29, 1.82) is 0 Å². The Bertz CT molecular complexity index is 768. The predicted octanol–water partition coefficient (Wildman–Crippen LogP) is 0.323. The van der Waals surface area contributed by atoms with E-state index in [9.17, 15) is 9.59 Å². The van der Waals surface area contributed by atoms with Crippen LogP contribution in [0, 0.1) is 20.8 Å². The van der Waals surface area contributed by atoms with E-state index < -0.39 is 18.5 Å². The first-order valence-electron chi connectivity index (χ1n) is 7.14. The van der Waals surface area contributed by atoms with Gasteiger partial charge in [0.05, 0.1) is 5.52 Å². The van der Waals surface area contributed by atoms with Crippen LogP contribution >= 0.6 is 0 Å². The second-order valence-corrected chi connectivity index (χ2v) is 5.22. The molecule has 0 saturated heterocycles. The highest BCUT2D eigenvalue weighted by molar-refractivity contribution is 5.88. The standard InChI is InChI=1S/C14H20N6O3/c1-7-8(2)18-13(15)11-12(7)20(9(3)19-11)5-4-16-14(23)17-6-10(21)22/h4-6H2,1-3H3,(H2,15,18)(H,21,22)(H2,16,17,23). The number of carboxylic acids is 1. The number of rotatable bonds is 5. The van der Waals surface area contributed by atoms with E-state index in [1.807, 2.05) is 25.3 Å². The summed E-state index contributed by atoms with van der Waals surface area (Å²) in [6, 6.07) is -0.524. The molecule has 0 atom stereocenters. The number of aliphatic carboxylic acids is 1. The van der Waals surface area contributed by atoms with Gasteiger partial charge in [-0.2, -0.15) is 0 Å². The van der Waals surface area contributed by atoms with Crippen LogP contribution in [-0.2, 0) is 11.3 Å². The summed E-state index contributed by atoms with van der Waals surface area (Å²) < 4.78 is 1.97. The zero-order valence-electron chi connectivity index (χ0n) is 13.3. The van der Waals surface area contributed by atoms with Crippen LogP contribution < -0.4 is 16.4 Å². The van der Waals surface area contributed by atoms with Crippen molar-refractivity contribution in [2.75, 3.05) is 18.8 Å². The van der Waals surface area contributed by atoms with Gasteiger partial charge in [0, 0.05) is 18.8 Å². The number of carbonyl (C=O) groups excluding carboxylic acids is 1. The van der Waals surface area contributed by atoms with Crippen molar-refractivity contribution in [1.82, 2.24) is 25.2 Å². The molecular formula is C14H20N6O3. The van der Waals surface area contributed by atoms with Gasteiger partial charge in [-0.15, -0.1) is 0 Å². The zero-order valence-corrected chi connectivity index (χ0v) is 13.3. The quantitative estimate of drug-likeness (QED) is 0.626. The maximum absolute atomic E-state index is 11.5. The Morgan fingerprint density at radius 3 is 2.57 bits per heavy atom. The number of pyridine rings is 1. The highest BCUT2D eigenvalue weighted by atomic mass is 16.4. The number of anilines is 1. The fourth-order valence-electron chi connectivity index (χ4n) is 2.39. The largest absolute Gasteiger partial charge is 0.480 e. The normalized spacial score (nSPS) is 10.7. The molecule has 0 aliphatic carbocycles. The Morgan fingerprint density at radius 2 is 1.91 bits per heavy atom. The number of nitrogen functional groups attached to an aromatic ring is 1. The molecule has 0 spiro atoms. The summed E-state index contributed by atoms with van der Waals surface area (Å²) in [6.45, 7) is 6.10. The first-order valence-corrected chi connectivity index (χ1v) is 7.14. The monoisotopic (exact) mass is 320 g/mol. The van der Waals surface area contributed by atoms with E-state index in [0.29, 0.717) is 24.4 Å². The number of fused-ring (bicyclic) bond motifs is 1. The van der Waals surface area contributed by atoms with Crippen LogP contribution in [0.15, 0.2) is 0 Å². The maximum atomic E-state index is 11.5. The summed E-state index contributed by atoms with van der Waals surface area (Å²) in [5.41, 5.74) is 9.31. The molecule has 124 valence electrons. The Morgan fingerprint density at radius 1 is 1.22 bits per heavy atom. The number of aromatic nitrogens is 3. The van der Waals surface area contributed by atoms with Gasteiger partial charge in [-0.25, -0.2) is 14.8 Å². The Kier molecular flexibility index (Phi) is 4.68. The average Bonchev–Trinajstić information content (AvgIpc) is 2.80. The third-order valence-electron chi connectivity index (χ3n) is 3.61. The van der Waals surface area contributed by atoms with Crippen molar-refractivity contribution in [2.45, 2.75) is 27.3 Å². The highest BCUT2D eigenvalue weighted by Gasteiger charge is 2.15. The minimum absolute atomic E-state index is 0.332. The summed E-state index contributed by atoms with van der Waals surface area (Å²) in [7, 11) is 0. The molecule has 5 N–H and O–H groups in total. The number of urea groups is 1. The molecule has 0 unspecified atom stereocenters. The summed E-state index contributed by atoms with van der Waals surface area (Å²) in [4.78, 5) is 30.6.